The Bertz CT molecular complexity index is 198. The van der Waals surface area contributed by atoms with Crippen molar-refractivity contribution in [1.29, 1.82) is 0 Å². The van der Waals surface area contributed by atoms with Crippen LogP contribution in [0.25, 0.3) is 0 Å². The third kappa shape index (κ3) is 0.948. The van der Waals surface area contributed by atoms with E-state index in [1.165, 1.54) is 12.8 Å². The number of hydrogen-bond donors (Lipinski definition) is 0. The summed E-state index contributed by atoms with van der Waals surface area (Å²) in [7, 11) is 3.95. The van der Waals surface area contributed by atoms with Gasteiger partial charge in [-0.15, -0.1) is 0 Å². The van der Waals surface area contributed by atoms with Gasteiger partial charge in [-0.05, 0) is 19.9 Å². The average molecular weight is 154 g/mol. The maximum Gasteiger partial charge on any atom is 0.236 e. The highest BCUT2D eigenvalue weighted by Gasteiger charge is 2.51. The summed E-state index contributed by atoms with van der Waals surface area (Å²) in [5, 5.41) is 0. The van der Waals surface area contributed by atoms with Gasteiger partial charge < -0.3 is 4.90 Å². The van der Waals surface area contributed by atoms with Gasteiger partial charge in [0.05, 0.1) is 12.1 Å². The Balaban J connectivity index is 2.16. The van der Waals surface area contributed by atoms with Crippen molar-refractivity contribution < 1.29 is 4.79 Å². The highest BCUT2D eigenvalue weighted by Crippen LogP contribution is 2.43. The Morgan fingerprint density at radius 3 is 2.55 bits per heavy atom. The normalized spacial score (nSPS) is 29.6. The van der Waals surface area contributed by atoms with E-state index in [0.717, 1.165) is 6.54 Å². The summed E-state index contributed by atoms with van der Waals surface area (Å²) < 4.78 is 0. The van der Waals surface area contributed by atoms with Crippen LogP contribution in [0.1, 0.15) is 12.8 Å². The van der Waals surface area contributed by atoms with E-state index in [-0.39, 0.29) is 11.4 Å². The fraction of sp³-hybridized carbons (Fsp3) is 0.875. The minimum Gasteiger partial charge on any atom is -0.338 e. The molecule has 1 aliphatic carbocycles. The van der Waals surface area contributed by atoms with Crippen molar-refractivity contribution in [3.8, 4) is 0 Å². The van der Waals surface area contributed by atoms with Crippen molar-refractivity contribution in [3.05, 3.63) is 0 Å². The van der Waals surface area contributed by atoms with Gasteiger partial charge in [0.1, 0.15) is 0 Å². The molecule has 11 heavy (non-hydrogen) atoms. The standard InChI is InChI=1S/C8H14N2O/c1-9-5-7(11)10(2)8(6-9)3-4-8/h3-6H2,1-2H3. The van der Waals surface area contributed by atoms with Gasteiger partial charge in [-0.25, -0.2) is 0 Å². The van der Waals surface area contributed by atoms with E-state index in [0.29, 0.717) is 6.54 Å². The number of hydrogen-bond acceptors (Lipinski definition) is 2. The molecule has 2 aliphatic rings. The molecule has 2 fully saturated rings. The number of rotatable bonds is 0. The zero-order valence-electron chi connectivity index (χ0n) is 7.13. The topological polar surface area (TPSA) is 23.6 Å². The fourth-order valence-electron chi connectivity index (χ4n) is 1.90. The lowest BCUT2D eigenvalue weighted by Gasteiger charge is -2.37. The lowest BCUT2D eigenvalue weighted by atomic mass is 10.1. The summed E-state index contributed by atoms with van der Waals surface area (Å²) in [5.74, 6) is 0.274. The molecule has 0 aromatic carbocycles. The van der Waals surface area contributed by atoms with Crippen molar-refractivity contribution in [1.82, 2.24) is 9.80 Å². The molecule has 0 aromatic rings. The molecule has 0 bridgehead atoms. The van der Waals surface area contributed by atoms with Crippen LogP contribution in [0.2, 0.25) is 0 Å². The van der Waals surface area contributed by atoms with Gasteiger partial charge in [-0.1, -0.05) is 0 Å². The SMILES string of the molecule is CN1CC(=O)N(C)C2(CC2)C1. The summed E-state index contributed by atoms with van der Waals surface area (Å²) in [5.41, 5.74) is 0.240. The molecule has 3 nitrogen and oxygen atoms in total. The minimum absolute atomic E-state index is 0.240. The predicted molar refractivity (Wildman–Crippen MR) is 42.2 cm³/mol. The lowest BCUT2D eigenvalue weighted by Crippen LogP contribution is -2.55. The van der Waals surface area contributed by atoms with E-state index < -0.39 is 0 Å². The van der Waals surface area contributed by atoms with Crippen LogP contribution in [0.15, 0.2) is 0 Å². The third-order valence-corrected chi connectivity index (χ3v) is 2.88. The third-order valence-electron chi connectivity index (χ3n) is 2.88. The van der Waals surface area contributed by atoms with Crippen molar-refractivity contribution in [2.24, 2.45) is 0 Å². The molecule has 0 radical (unpaired) electrons. The molecule has 1 heterocycles. The largest absolute Gasteiger partial charge is 0.338 e. The second kappa shape index (κ2) is 1.97. The molecule has 0 atom stereocenters. The molecule has 1 saturated heterocycles. The van der Waals surface area contributed by atoms with Gasteiger partial charge in [-0.3, -0.25) is 9.69 Å². The van der Waals surface area contributed by atoms with Crippen molar-refractivity contribution >= 4 is 5.91 Å². The van der Waals surface area contributed by atoms with E-state index in [1.807, 2.05) is 19.0 Å². The molecule has 1 saturated carbocycles. The first kappa shape index (κ1) is 7.10. The minimum atomic E-state index is 0.240. The van der Waals surface area contributed by atoms with Crippen molar-refractivity contribution in [2.45, 2.75) is 18.4 Å². The lowest BCUT2D eigenvalue weighted by molar-refractivity contribution is -0.138. The van der Waals surface area contributed by atoms with Gasteiger partial charge in [0.2, 0.25) is 5.91 Å². The second-order valence-corrected chi connectivity index (χ2v) is 3.85. The average Bonchev–Trinajstić information content (AvgIpc) is 2.65. The van der Waals surface area contributed by atoms with Gasteiger partial charge >= 0.3 is 0 Å². The zero-order valence-corrected chi connectivity index (χ0v) is 7.13. The van der Waals surface area contributed by atoms with Crippen molar-refractivity contribution in [2.75, 3.05) is 27.2 Å². The van der Waals surface area contributed by atoms with Crippen LogP contribution >= 0.6 is 0 Å². The first-order chi connectivity index (χ1) is 5.14. The van der Waals surface area contributed by atoms with E-state index >= 15 is 0 Å². The predicted octanol–water partition coefficient (Wildman–Crippen LogP) is -0.0772. The van der Waals surface area contributed by atoms with Crippen LogP contribution in [-0.4, -0.2) is 48.4 Å². The smallest absolute Gasteiger partial charge is 0.236 e. The molecule has 0 aromatic heterocycles. The Hall–Kier alpha value is -0.570. The maximum absolute atomic E-state index is 11.3. The van der Waals surface area contributed by atoms with Crippen LogP contribution in [0, 0.1) is 0 Å². The summed E-state index contributed by atoms with van der Waals surface area (Å²) in [4.78, 5) is 15.4. The fourth-order valence-corrected chi connectivity index (χ4v) is 1.90. The first-order valence-electron chi connectivity index (χ1n) is 4.09. The summed E-state index contributed by atoms with van der Waals surface area (Å²) in [6.07, 6.45) is 2.39. The van der Waals surface area contributed by atoms with Gasteiger partial charge in [0.15, 0.2) is 0 Å². The van der Waals surface area contributed by atoms with Crippen LogP contribution < -0.4 is 0 Å². The van der Waals surface area contributed by atoms with E-state index in [2.05, 4.69) is 4.90 Å². The molecule has 2 rings (SSSR count). The molecule has 3 heteroatoms. The summed E-state index contributed by atoms with van der Waals surface area (Å²) in [6.45, 7) is 1.66. The number of carbonyl (C=O) groups excluding carboxylic acids is 1. The van der Waals surface area contributed by atoms with Crippen molar-refractivity contribution in [3.63, 3.8) is 0 Å². The highest BCUT2D eigenvalue weighted by molar-refractivity contribution is 5.80. The molecule has 1 aliphatic heterocycles. The number of amides is 1. The summed E-state index contributed by atoms with van der Waals surface area (Å²) in [6, 6.07) is 0. The second-order valence-electron chi connectivity index (χ2n) is 3.85. The van der Waals surface area contributed by atoms with Gasteiger partial charge in [-0.2, -0.15) is 0 Å². The Kier molecular flexibility index (Phi) is 1.27. The van der Waals surface area contributed by atoms with Crippen LogP contribution in [0.3, 0.4) is 0 Å². The first-order valence-corrected chi connectivity index (χ1v) is 4.09. The van der Waals surface area contributed by atoms with Crippen LogP contribution in [0.5, 0.6) is 0 Å². The van der Waals surface area contributed by atoms with Gasteiger partial charge in [0, 0.05) is 13.6 Å². The zero-order chi connectivity index (χ0) is 8.06. The monoisotopic (exact) mass is 154 g/mol. The molecular weight excluding hydrogens is 140 g/mol. The highest BCUT2D eigenvalue weighted by atomic mass is 16.2. The Morgan fingerprint density at radius 2 is 2.00 bits per heavy atom. The van der Waals surface area contributed by atoms with Gasteiger partial charge in [0.25, 0.3) is 0 Å². The van der Waals surface area contributed by atoms with Crippen LogP contribution in [-0.2, 0) is 4.79 Å². The van der Waals surface area contributed by atoms with Crippen LogP contribution in [0.4, 0.5) is 0 Å². The number of piperazine rings is 1. The Morgan fingerprint density at radius 1 is 1.36 bits per heavy atom. The Labute approximate surface area is 67.0 Å². The number of nitrogens with zero attached hydrogens (tertiary/aromatic N) is 2. The molecule has 1 spiro atoms. The number of carbonyl (C=O) groups is 1. The molecule has 0 unspecified atom stereocenters. The van der Waals surface area contributed by atoms with E-state index in [4.69, 9.17) is 0 Å². The van der Waals surface area contributed by atoms with E-state index in [1.54, 1.807) is 0 Å². The molecule has 1 amide bonds. The number of likely N-dealkylation sites (N-methyl/N-ethyl adjacent to an activating group) is 2. The summed E-state index contributed by atoms with van der Waals surface area (Å²) >= 11 is 0. The quantitative estimate of drug-likeness (QED) is 0.487. The molecule has 62 valence electrons. The molecule has 0 N–H and O–H groups in total. The molecular formula is C8H14N2O. The van der Waals surface area contributed by atoms with E-state index in [9.17, 15) is 4.79 Å². The maximum atomic E-state index is 11.3.